The largest absolute Gasteiger partial charge is 0.494 e. The number of ether oxygens (including phenoxy) is 1. The molecule has 0 saturated heterocycles. The van der Waals surface area contributed by atoms with Crippen LogP contribution in [0, 0.1) is 35.5 Å². The molecule has 0 amide bonds. The van der Waals surface area contributed by atoms with Crippen LogP contribution in [0.5, 0.6) is 5.75 Å². The van der Waals surface area contributed by atoms with Gasteiger partial charge in [0.1, 0.15) is 5.75 Å². The quantitative estimate of drug-likeness (QED) is 0.320. The molecule has 29 heavy (non-hydrogen) atoms. The van der Waals surface area contributed by atoms with E-state index < -0.39 is 0 Å². The number of benzene rings is 1. The number of hydrogen-bond acceptors (Lipinski definition) is 1. The highest BCUT2D eigenvalue weighted by Gasteiger charge is 2.30. The average Bonchev–Trinajstić information content (AvgIpc) is 2.78. The van der Waals surface area contributed by atoms with Crippen molar-refractivity contribution in [1.82, 2.24) is 0 Å². The molecule has 0 radical (unpaired) electrons. The molecule has 0 atom stereocenters. The van der Waals surface area contributed by atoms with Crippen LogP contribution in [0.1, 0.15) is 103 Å². The third kappa shape index (κ3) is 7.40. The van der Waals surface area contributed by atoms with E-state index in [1.807, 2.05) is 0 Å². The molecule has 0 bridgehead atoms. The minimum Gasteiger partial charge on any atom is -0.494 e. The molecular weight excluding hydrogens is 352 g/mol. The molecule has 0 aromatic heterocycles. The first-order valence-corrected chi connectivity index (χ1v) is 12.5. The lowest BCUT2D eigenvalue weighted by Crippen LogP contribution is -2.25. The van der Waals surface area contributed by atoms with Crippen LogP contribution in [-0.2, 0) is 0 Å². The van der Waals surface area contributed by atoms with Crippen molar-refractivity contribution in [2.24, 2.45) is 23.7 Å². The second-order valence-electron chi connectivity index (χ2n) is 9.53. The molecular formula is C28H42O. The zero-order valence-corrected chi connectivity index (χ0v) is 18.9. The fourth-order valence-corrected chi connectivity index (χ4v) is 5.41. The fourth-order valence-electron chi connectivity index (χ4n) is 5.41. The minimum atomic E-state index is 0.604. The van der Waals surface area contributed by atoms with Gasteiger partial charge in [-0.25, -0.2) is 0 Å². The molecule has 0 spiro atoms. The molecule has 2 fully saturated rings. The number of unbranched alkanes of at least 4 members (excludes halogenated alkanes) is 2. The summed E-state index contributed by atoms with van der Waals surface area (Å²) in [6.45, 7) is 5.24. The van der Waals surface area contributed by atoms with Crippen molar-refractivity contribution in [3.8, 4) is 17.6 Å². The van der Waals surface area contributed by atoms with Gasteiger partial charge in [0, 0.05) is 11.5 Å². The first-order chi connectivity index (χ1) is 14.3. The maximum atomic E-state index is 5.66. The van der Waals surface area contributed by atoms with E-state index in [1.54, 1.807) is 0 Å². The Hall–Kier alpha value is -1.42. The van der Waals surface area contributed by atoms with Crippen LogP contribution in [0.2, 0.25) is 0 Å². The Morgan fingerprint density at radius 2 is 1.45 bits per heavy atom. The highest BCUT2D eigenvalue weighted by molar-refractivity contribution is 5.38. The summed E-state index contributed by atoms with van der Waals surface area (Å²) in [5.74, 6) is 11.6. The highest BCUT2D eigenvalue weighted by atomic mass is 16.5. The van der Waals surface area contributed by atoms with Crippen LogP contribution >= 0.6 is 0 Å². The molecule has 3 rings (SSSR count). The molecule has 0 unspecified atom stereocenters. The second-order valence-corrected chi connectivity index (χ2v) is 9.53. The smallest absolute Gasteiger partial charge is 0.119 e. The average molecular weight is 395 g/mol. The third-order valence-corrected chi connectivity index (χ3v) is 7.29. The van der Waals surface area contributed by atoms with E-state index in [1.165, 1.54) is 77.0 Å². The summed E-state index contributed by atoms with van der Waals surface area (Å²) in [4.78, 5) is 0. The van der Waals surface area contributed by atoms with Crippen molar-refractivity contribution in [2.45, 2.75) is 97.3 Å². The van der Waals surface area contributed by atoms with Gasteiger partial charge in [-0.1, -0.05) is 64.2 Å². The molecule has 2 aliphatic rings. The van der Waals surface area contributed by atoms with Crippen LogP contribution < -0.4 is 4.74 Å². The van der Waals surface area contributed by atoms with Gasteiger partial charge in [-0.2, -0.15) is 0 Å². The van der Waals surface area contributed by atoms with E-state index in [9.17, 15) is 0 Å². The van der Waals surface area contributed by atoms with E-state index in [-0.39, 0.29) is 0 Å². The van der Waals surface area contributed by atoms with Crippen molar-refractivity contribution >= 4 is 0 Å². The fraction of sp³-hybridized carbons (Fsp3) is 0.714. The lowest BCUT2D eigenvalue weighted by Gasteiger charge is -2.37. The predicted octanol–water partition coefficient (Wildman–Crippen LogP) is 8.02. The Morgan fingerprint density at radius 1 is 0.793 bits per heavy atom. The summed E-state index contributed by atoms with van der Waals surface area (Å²) >= 11 is 0. The van der Waals surface area contributed by atoms with Crippen molar-refractivity contribution in [3.05, 3.63) is 29.8 Å². The van der Waals surface area contributed by atoms with Gasteiger partial charge >= 0.3 is 0 Å². The molecule has 1 aromatic rings. The molecule has 1 heteroatoms. The molecule has 0 heterocycles. The van der Waals surface area contributed by atoms with Gasteiger partial charge in [0.15, 0.2) is 0 Å². The first-order valence-electron chi connectivity index (χ1n) is 12.5. The normalized spacial score (nSPS) is 27.1. The van der Waals surface area contributed by atoms with Crippen LogP contribution in [-0.4, -0.2) is 6.61 Å². The van der Waals surface area contributed by atoms with E-state index >= 15 is 0 Å². The van der Waals surface area contributed by atoms with E-state index in [0.29, 0.717) is 5.92 Å². The van der Waals surface area contributed by atoms with Crippen LogP contribution in [0.3, 0.4) is 0 Å². The predicted molar refractivity (Wildman–Crippen MR) is 124 cm³/mol. The second kappa shape index (κ2) is 12.3. The monoisotopic (exact) mass is 394 g/mol. The Labute approximate surface area is 180 Å². The van der Waals surface area contributed by atoms with Crippen LogP contribution in [0.4, 0.5) is 0 Å². The van der Waals surface area contributed by atoms with Crippen molar-refractivity contribution in [3.63, 3.8) is 0 Å². The number of hydrogen-bond donors (Lipinski definition) is 0. The van der Waals surface area contributed by atoms with E-state index in [4.69, 9.17) is 4.74 Å². The molecule has 2 aliphatic carbocycles. The standard InChI is InChI=1S/C28H42O/c1-3-5-6-7-23-10-16-26(17-11-23)27-18-12-24(13-19-27)8-9-25-14-20-28(21-15-25)29-22-4-2/h14-15,20-21,23-24,26-27H,3-7,10-13,16-19,22H2,1-2H3/t23-,24?,26-,27?. The minimum absolute atomic E-state index is 0.604. The summed E-state index contributed by atoms with van der Waals surface area (Å²) in [6, 6.07) is 8.30. The molecule has 2 saturated carbocycles. The lowest BCUT2D eigenvalue weighted by atomic mass is 9.69. The lowest BCUT2D eigenvalue weighted by molar-refractivity contribution is 0.153. The summed E-state index contributed by atoms with van der Waals surface area (Å²) in [5.41, 5.74) is 1.12. The molecule has 0 N–H and O–H groups in total. The summed E-state index contributed by atoms with van der Waals surface area (Å²) in [6.07, 6.45) is 18.3. The third-order valence-electron chi connectivity index (χ3n) is 7.29. The maximum Gasteiger partial charge on any atom is 0.119 e. The van der Waals surface area contributed by atoms with Crippen molar-refractivity contribution in [2.75, 3.05) is 6.61 Å². The topological polar surface area (TPSA) is 9.23 Å². The van der Waals surface area contributed by atoms with E-state index in [2.05, 4.69) is 50.0 Å². The Kier molecular flexibility index (Phi) is 9.46. The Bertz CT molecular complexity index is 619. The molecule has 0 aliphatic heterocycles. The van der Waals surface area contributed by atoms with Gasteiger partial charge in [0.25, 0.3) is 0 Å². The molecule has 160 valence electrons. The summed E-state index contributed by atoms with van der Waals surface area (Å²) < 4.78 is 5.66. The highest BCUT2D eigenvalue weighted by Crippen LogP contribution is 2.42. The first kappa shape index (κ1) is 22.3. The molecule has 1 aromatic carbocycles. The van der Waals surface area contributed by atoms with Gasteiger partial charge in [0.2, 0.25) is 0 Å². The van der Waals surface area contributed by atoms with Gasteiger partial charge < -0.3 is 4.74 Å². The van der Waals surface area contributed by atoms with Gasteiger partial charge in [-0.3, -0.25) is 0 Å². The van der Waals surface area contributed by atoms with Crippen molar-refractivity contribution < 1.29 is 4.74 Å². The molecule has 1 nitrogen and oxygen atoms in total. The Balaban J connectivity index is 1.37. The zero-order valence-electron chi connectivity index (χ0n) is 18.9. The summed E-state index contributed by atoms with van der Waals surface area (Å²) in [7, 11) is 0. The maximum absolute atomic E-state index is 5.66. The zero-order chi connectivity index (χ0) is 20.3. The summed E-state index contributed by atoms with van der Waals surface area (Å²) in [5, 5.41) is 0. The van der Waals surface area contributed by atoms with Gasteiger partial charge in [-0.15, -0.1) is 0 Å². The van der Waals surface area contributed by atoms with Crippen LogP contribution in [0.25, 0.3) is 0 Å². The van der Waals surface area contributed by atoms with Crippen LogP contribution in [0.15, 0.2) is 24.3 Å². The van der Waals surface area contributed by atoms with Gasteiger partial charge in [0.05, 0.1) is 6.61 Å². The number of rotatable bonds is 8. The Morgan fingerprint density at radius 3 is 2.07 bits per heavy atom. The van der Waals surface area contributed by atoms with Gasteiger partial charge in [-0.05, 0) is 87.0 Å². The van der Waals surface area contributed by atoms with E-state index in [0.717, 1.165) is 42.1 Å². The SMILES string of the molecule is CCCCC[C@H]1CC[C@H](C2CCC(C#Cc3ccc(OCCC)cc3)CC2)CC1. The van der Waals surface area contributed by atoms with Crippen molar-refractivity contribution in [1.29, 1.82) is 0 Å².